The molecule has 0 amide bonds. The van der Waals surface area contributed by atoms with E-state index in [0.29, 0.717) is 4.75 Å². The Bertz CT molecular complexity index is 272. The predicted octanol–water partition coefficient (Wildman–Crippen LogP) is 3.67. The topological polar surface area (TPSA) is 0 Å². The lowest BCUT2D eigenvalue weighted by Gasteiger charge is -2.46. The van der Waals surface area contributed by atoms with Gasteiger partial charge < -0.3 is 0 Å². The Hall–Kier alpha value is -0.430. The van der Waals surface area contributed by atoms with Gasteiger partial charge in [0.15, 0.2) is 0 Å². The summed E-state index contributed by atoms with van der Waals surface area (Å²) in [5.74, 6) is 0.910. The normalized spacial score (nSPS) is 32.6. The van der Waals surface area contributed by atoms with Crippen LogP contribution in [0.3, 0.4) is 0 Å². The van der Waals surface area contributed by atoms with Crippen LogP contribution in [0.4, 0.5) is 0 Å². The number of thioether (sulfide) groups is 1. The second-order valence-electron chi connectivity index (χ2n) is 4.08. The van der Waals surface area contributed by atoms with Gasteiger partial charge in [0.1, 0.15) is 0 Å². The quantitative estimate of drug-likeness (QED) is 0.689. The molecule has 1 aromatic rings. The summed E-state index contributed by atoms with van der Waals surface area (Å²) in [5, 5.41) is 0. The molecule has 0 aliphatic heterocycles. The van der Waals surface area contributed by atoms with Crippen LogP contribution in [0.2, 0.25) is 0 Å². The molecule has 1 saturated carbocycles. The van der Waals surface area contributed by atoms with Crippen molar-refractivity contribution >= 4 is 11.8 Å². The molecule has 0 atom stereocenters. The molecule has 0 heterocycles. The first kappa shape index (κ1) is 9.14. The minimum absolute atomic E-state index is 0.445. The monoisotopic (exact) mass is 192 g/mol. The zero-order valence-electron chi connectivity index (χ0n) is 8.29. The minimum atomic E-state index is 0.445. The summed E-state index contributed by atoms with van der Waals surface area (Å²) in [6, 6.07) is 10.9. The Morgan fingerprint density at radius 3 is 2.31 bits per heavy atom. The minimum Gasteiger partial charge on any atom is -0.154 e. The van der Waals surface area contributed by atoms with Crippen molar-refractivity contribution in [2.24, 2.45) is 5.92 Å². The Kier molecular flexibility index (Phi) is 2.37. The molecule has 0 radical (unpaired) electrons. The first-order valence-electron chi connectivity index (χ1n) is 4.87. The molecule has 2 rings (SSSR count). The van der Waals surface area contributed by atoms with Crippen LogP contribution in [0.25, 0.3) is 0 Å². The molecule has 0 unspecified atom stereocenters. The highest BCUT2D eigenvalue weighted by Gasteiger charge is 2.42. The molecule has 13 heavy (non-hydrogen) atoms. The average molecular weight is 192 g/mol. The summed E-state index contributed by atoms with van der Waals surface area (Å²) in [5.41, 5.74) is 1.51. The molecule has 0 N–H and O–H groups in total. The third kappa shape index (κ3) is 1.50. The van der Waals surface area contributed by atoms with E-state index < -0.39 is 0 Å². The highest BCUT2D eigenvalue weighted by Crippen LogP contribution is 2.54. The summed E-state index contributed by atoms with van der Waals surface area (Å²) < 4.78 is 0.445. The lowest BCUT2D eigenvalue weighted by atomic mass is 9.71. The van der Waals surface area contributed by atoms with Crippen LogP contribution in [0.1, 0.15) is 25.3 Å². The van der Waals surface area contributed by atoms with Crippen molar-refractivity contribution in [1.82, 2.24) is 0 Å². The molecule has 0 bridgehead atoms. The lowest BCUT2D eigenvalue weighted by Crippen LogP contribution is -2.36. The third-order valence-corrected chi connectivity index (χ3v) is 4.40. The van der Waals surface area contributed by atoms with E-state index in [2.05, 4.69) is 43.5 Å². The fourth-order valence-electron chi connectivity index (χ4n) is 2.33. The van der Waals surface area contributed by atoms with Gasteiger partial charge in [0.2, 0.25) is 0 Å². The second kappa shape index (κ2) is 3.38. The molecule has 0 aromatic heterocycles. The van der Waals surface area contributed by atoms with E-state index in [9.17, 15) is 0 Å². The Labute approximate surface area is 84.7 Å². The molecule has 1 heteroatoms. The molecule has 1 aliphatic carbocycles. The van der Waals surface area contributed by atoms with Crippen LogP contribution in [-0.4, -0.2) is 6.26 Å². The average Bonchev–Trinajstić information content (AvgIpc) is 2.14. The highest BCUT2D eigenvalue weighted by molar-refractivity contribution is 7.99. The third-order valence-electron chi connectivity index (χ3n) is 3.05. The summed E-state index contributed by atoms with van der Waals surface area (Å²) in [4.78, 5) is 0. The van der Waals surface area contributed by atoms with Crippen molar-refractivity contribution in [2.45, 2.75) is 24.5 Å². The van der Waals surface area contributed by atoms with Gasteiger partial charge in [-0.05, 0) is 30.6 Å². The van der Waals surface area contributed by atoms with Crippen LogP contribution >= 0.6 is 11.8 Å². The zero-order valence-corrected chi connectivity index (χ0v) is 9.10. The van der Waals surface area contributed by atoms with E-state index in [0.717, 1.165) is 5.92 Å². The summed E-state index contributed by atoms with van der Waals surface area (Å²) >= 11 is 2.02. The van der Waals surface area contributed by atoms with Crippen molar-refractivity contribution in [3.8, 4) is 0 Å². The number of hydrogen-bond donors (Lipinski definition) is 0. The van der Waals surface area contributed by atoms with Crippen LogP contribution in [-0.2, 0) is 4.75 Å². The molecule has 0 spiro atoms. The number of hydrogen-bond acceptors (Lipinski definition) is 1. The van der Waals surface area contributed by atoms with Crippen molar-refractivity contribution in [2.75, 3.05) is 6.26 Å². The van der Waals surface area contributed by atoms with Crippen molar-refractivity contribution in [3.05, 3.63) is 35.9 Å². The van der Waals surface area contributed by atoms with E-state index in [4.69, 9.17) is 0 Å². The summed E-state index contributed by atoms with van der Waals surface area (Å²) in [7, 11) is 0. The lowest BCUT2D eigenvalue weighted by molar-refractivity contribution is 0.254. The molecule has 0 saturated heterocycles. The maximum atomic E-state index is 2.34. The van der Waals surface area contributed by atoms with E-state index in [-0.39, 0.29) is 0 Å². The fourth-order valence-corrected chi connectivity index (χ4v) is 3.60. The van der Waals surface area contributed by atoms with Crippen molar-refractivity contribution in [1.29, 1.82) is 0 Å². The molecule has 1 fully saturated rings. The Morgan fingerprint density at radius 1 is 1.23 bits per heavy atom. The van der Waals surface area contributed by atoms with E-state index in [1.807, 2.05) is 11.8 Å². The molecule has 1 aromatic carbocycles. The molecular weight excluding hydrogens is 176 g/mol. The first-order valence-corrected chi connectivity index (χ1v) is 6.10. The first-order chi connectivity index (χ1) is 6.27. The SMILES string of the molecule is CSC1(c2ccccc2)CC(C)C1. The zero-order chi connectivity index (χ0) is 9.31. The van der Waals surface area contributed by atoms with E-state index in [1.165, 1.54) is 18.4 Å². The van der Waals surface area contributed by atoms with Crippen LogP contribution in [0.15, 0.2) is 30.3 Å². The Balaban J connectivity index is 2.24. The van der Waals surface area contributed by atoms with Crippen molar-refractivity contribution < 1.29 is 0 Å². The van der Waals surface area contributed by atoms with Gasteiger partial charge in [0.25, 0.3) is 0 Å². The smallest absolute Gasteiger partial charge is 0.0410 e. The van der Waals surface area contributed by atoms with Crippen LogP contribution in [0, 0.1) is 5.92 Å². The van der Waals surface area contributed by atoms with E-state index in [1.54, 1.807) is 0 Å². The van der Waals surface area contributed by atoms with Crippen LogP contribution < -0.4 is 0 Å². The van der Waals surface area contributed by atoms with Crippen molar-refractivity contribution in [3.63, 3.8) is 0 Å². The second-order valence-corrected chi connectivity index (χ2v) is 5.27. The maximum absolute atomic E-state index is 2.34. The Morgan fingerprint density at radius 2 is 1.85 bits per heavy atom. The molecule has 70 valence electrons. The van der Waals surface area contributed by atoms with Gasteiger partial charge in [-0.15, -0.1) is 0 Å². The standard InChI is InChI=1S/C12H16S/c1-10-8-12(9-10,13-2)11-6-4-3-5-7-11/h3-7,10H,8-9H2,1-2H3. The maximum Gasteiger partial charge on any atom is 0.0410 e. The predicted molar refractivity (Wildman–Crippen MR) is 60.0 cm³/mol. The number of benzene rings is 1. The number of rotatable bonds is 2. The van der Waals surface area contributed by atoms with Crippen LogP contribution in [0.5, 0.6) is 0 Å². The van der Waals surface area contributed by atoms with Gasteiger partial charge in [0.05, 0.1) is 0 Å². The van der Waals surface area contributed by atoms with E-state index >= 15 is 0 Å². The summed E-state index contributed by atoms with van der Waals surface area (Å²) in [6.07, 6.45) is 4.93. The van der Waals surface area contributed by atoms with Gasteiger partial charge in [-0.2, -0.15) is 11.8 Å². The molecule has 0 nitrogen and oxygen atoms in total. The fraction of sp³-hybridized carbons (Fsp3) is 0.500. The summed E-state index contributed by atoms with van der Waals surface area (Å²) in [6.45, 7) is 2.34. The largest absolute Gasteiger partial charge is 0.154 e. The molecule has 1 aliphatic rings. The molecular formula is C12H16S. The van der Waals surface area contributed by atoms with Gasteiger partial charge in [0, 0.05) is 4.75 Å². The highest BCUT2D eigenvalue weighted by atomic mass is 32.2. The van der Waals surface area contributed by atoms with Gasteiger partial charge >= 0.3 is 0 Å². The van der Waals surface area contributed by atoms with Gasteiger partial charge in [-0.25, -0.2) is 0 Å². The van der Waals surface area contributed by atoms with Gasteiger partial charge in [-0.3, -0.25) is 0 Å². The van der Waals surface area contributed by atoms with Gasteiger partial charge in [-0.1, -0.05) is 37.3 Å².